The van der Waals surface area contributed by atoms with Crippen molar-refractivity contribution in [3.05, 3.63) is 58.5 Å². The van der Waals surface area contributed by atoms with Crippen molar-refractivity contribution in [2.24, 2.45) is 0 Å². The molecule has 4 heteroatoms. The van der Waals surface area contributed by atoms with Crippen molar-refractivity contribution in [2.75, 3.05) is 7.11 Å². The molecule has 1 aromatic carbocycles. The van der Waals surface area contributed by atoms with Gasteiger partial charge in [0.15, 0.2) is 5.76 Å². The summed E-state index contributed by atoms with van der Waals surface area (Å²) in [6.45, 7) is 4.03. The van der Waals surface area contributed by atoms with Gasteiger partial charge in [0, 0.05) is 6.42 Å². The van der Waals surface area contributed by atoms with Gasteiger partial charge in [0.05, 0.1) is 7.11 Å². The highest BCUT2D eigenvalue weighted by molar-refractivity contribution is 5.96. The van der Waals surface area contributed by atoms with E-state index in [0.717, 1.165) is 11.1 Å². The van der Waals surface area contributed by atoms with Crippen molar-refractivity contribution in [1.82, 2.24) is 0 Å². The predicted molar refractivity (Wildman–Crippen MR) is 74.0 cm³/mol. The van der Waals surface area contributed by atoms with Crippen LogP contribution in [-0.2, 0) is 11.2 Å². The van der Waals surface area contributed by atoms with Gasteiger partial charge in [-0.1, -0.05) is 18.2 Å². The topological polar surface area (TPSA) is 56.5 Å². The third kappa shape index (κ3) is 2.96. The van der Waals surface area contributed by atoms with Crippen molar-refractivity contribution in [2.45, 2.75) is 20.3 Å². The molecule has 0 N–H and O–H groups in total. The molecule has 1 aromatic heterocycles. The molecular formula is C16H16O4. The zero-order valence-electron chi connectivity index (χ0n) is 11.7. The highest BCUT2D eigenvalue weighted by atomic mass is 16.5. The molecule has 0 aliphatic rings. The second-order valence-corrected chi connectivity index (χ2v) is 4.67. The molecule has 0 radical (unpaired) electrons. The summed E-state index contributed by atoms with van der Waals surface area (Å²) in [4.78, 5) is 23.4. The molecule has 4 nitrogen and oxygen atoms in total. The van der Waals surface area contributed by atoms with Crippen LogP contribution in [0.1, 0.15) is 37.8 Å². The Balaban J connectivity index is 2.13. The fourth-order valence-electron chi connectivity index (χ4n) is 1.88. The molecule has 2 rings (SSSR count). The van der Waals surface area contributed by atoms with Gasteiger partial charge in [-0.3, -0.25) is 4.79 Å². The Morgan fingerprint density at radius 3 is 2.40 bits per heavy atom. The average molecular weight is 272 g/mol. The molecule has 20 heavy (non-hydrogen) atoms. The van der Waals surface area contributed by atoms with Crippen LogP contribution < -0.4 is 0 Å². The summed E-state index contributed by atoms with van der Waals surface area (Å²) < 4.78 is 9.73. The van der Waals surface area contributed by atoms with E-state index in [9.17, 15) is 9.59 Å². The maximum atomic E-state index is 12.1. The van der Waals surface area contributed by atoms with E-state index in [0.29, 0.717) is 0 Å². The summed E-state index contributed by atoms with van der Waals surface area (Å²) in [6, 6.07) is 8.83. The summed E-state index contributed by atoms with van der Waals surface area (Å²) in [6.07, 6.45) is 0.245. The van der Waals surface area contributed by atoms with E-state index in [-0.39, 0.29) is 23.7 Å². The van der Waals surface area contributed by atoms with Crippen LogP contribution in [0.4, 0.5) is 0 Å². The number of hydrogen-bond acceptors (Lipinski definition) is 4. The molecule has 0 aliphatic carbocycles. The van der Waals surface area contributed by atoms with Gasteiger partial charge in [-0.05, 0) is 42.7 Å². The van der Waals surface area contributed by atoms with E-state index in [2.05, 4.69) is 4.74 Å². The van der Waals surface area contributed by atoms with E-state index in [1.165, 1.54) is 24.8 Å². The molecule has 104 valence electrons. The summed E-state index contributed by atoms with van der Waals surface area (Å²) in [5.74, 6) is -0.543. The molecule has 0 spiro atoms. The number of methoxy groups -OCH3 is 1. The summed E-state index contributed by atoms with van der Waals surface area (Å²) in [7, 11) is 1.27. The first-order valence-corrected chi connectivity index (χ1v) is 6.28. The van der Waals surface area contributed by atoms with Crippen LogP contribution in [0.2, 0.25) is 0 Å². The van der Waals surface area contributed by atoms with Crippen molar-refractivity contribution < 1.29 is 18.7 Å². The second kappa shape index (κ2) is 5.74. The molecule has 0 saturated carbocycles. The number of rotatable bonds is 4. The summed E-state index contributed by atoms with van der Waals surface area (Å²) in [5, 5.41) is 0. The average Bonchev–Trinajstić information content (AvgIpc) is 2.92. The third-order valence-corrected chi connectivity index (χ3v) is 3.20. The number of ether oxygens (including phenoxy) is 1. The van der Waals surface area contributed by atoms with E-state index in [1.54, 1.807) is 0 Å². The normalized spacial score (nSPS) is 10.3. The van der Waals surface area contributed by atoms with Crippen LogP contribution in [0.25, 0.3) is 0 Å². The number of benzene rings is 1. The third-order valence-electron chi connectivity index (χ3n) is 3.20. The smallest absolute Gasteiger partial charge is 0.373 e. The fourth-order valence-corrected chi connectivity index (χ4v) is 1.88. The van der Waals surface area contributed by atoms with Crippen LogP contribution in [0.15, 0.2) is 34.7 Å². The van der Waals surface area contributed by atoms with Gasteiger partial charge in [-0.2, -0.15) is 0 Å². The van der Waals surface area contributed by atoms with Gasteiger partial charge in [-0.25, -0.2) is 4.79 Å². The Morgan fingerprint density at radius 2 is 1.75 bits per heavy atom. The largest absolute Gasteiger partial charge is 0.463 e. The molecule has 1 heterocycles. The van der Waals surface area contributed by atoms with E-state index in [4.69, 9.17) is 4.42 Å². The lowest BCUT2D eigenvalue weighted by molar-refractivity contribution is 0.0563. The fraction of sp³-hybridized carbons (Fsp3) is 0.250. The van der Waals surface area contributed by atoms with E-state index in [1.807, 2.05) is 32.0 Å². The Hall–Kier alpha value is -2.36. The lowest BCUT2D eigenvalue weighted by Gasteiger charge is -2.03. The number of aryl methyl sites for hydroxylation is 2. The zero-order chi connectivity index (χ0) is 14.7. The van der Waals surface area contributed by atoms with Crippen LogP contribution in [0, 0.1) is 13.8 Å². The molecular weight excluding hydrogens is 256 g/mol. The quantitative estimate of drug-likeness (QED) is 0.634. The minimum Gasteiger partial charge on any atom is -0.463 e. The molecule has 2 aromatic rings. The number of hydrogen-bond donors (Lipinski definition) is 0. The standard InChI is InChI=1S/C16H16O4/c1-10-4-5-12(8-11(10)2)9-13(17)14-6-7-15(20-14)16(18)19-3/h4-8H,9H2,1-3H3. The molecule has 0 amide bonds. The van der Waals surface area contributed by atoms with Gasteiger partial charge < -0.3 is 9.15 Å². The van der Waals surface area contributed by atoms with Gasteiger partial charge in [0.25, 0.3) is 0 Å². The minimum absolute atomic E-state index is 0.0379. The molecule has 0 aliphatic heterocycles. The Labute approximate surface area is 117 Å². The highest BCUT2D eigenvalue weighted by Crippen LogP contribution is 2.15. The molecule has 0 fully saturated rings. The zero-order valence-corrected chi connectivity index (χ0v) is 11.7. The van der Waals surface area contributed by atoms with E-state index >= 15 is 0 Å². The Kier molecular flexibility index (Phi) is 4.03. The first kappa shape index (κ1) is 14.1. The summed E-state index contributed by atoms with van der Waals surface area (Å²) >= 11 is 0. The first-order chi connectivity index (χ1) is 9.51. The van der Waals surface area contributed by atoms with Gasteiger partial charge in [-0.15, -0.1) is 0 Å². The van der Waals surface area contributed by atoms with Crippen molar-refractivity contribution in [3.63, 3.8) is 0 Å². The van der Waals surface area contributed by atoms with E-state index < -0.39 is 5.97 Å². The number of Topliss-reactive ketones (excluding diaryl/α,β-unsaturated/α-hetero) is 1. The Bertz CT molecular complexity index is 652. The molecule has 0 atom stereocenters. The predicted octanol–water partition coefficient (Wildman–Crippen LogP) is 3.11. The molecule has 0 bridgehead atoms. The number of esters is 1. The number of ketones is 1. The molecule has 0 saturated heterocycles. The van der Waals surface area contributed by atoms with Gasteiger partial charge in [0.2, 0.25) is 11.5 Å². The van der Waals surface area contributed by atoms with Crippen LogP contribution >= 0.6 is 0 Å². The van der Waals surface area contributed by atoms with Crippen LogP contribution in [-0.4, -0.2) is 18.9 Å². The van der Waals surface area contributed by atoms with Crippen LogP contribution in [0.5, 0.6) is 0 Å². The lowest BCUT2D eigenvalue weighted by atomic mass is 10.0. The Morgan fingerprint density at radius 1 is 1.05 bits per heavy atom. The number of furan rings is 1. The van der Waals surface area contributed by atoms with Crippen LogP contribution in [0.3, 0.4) is 0 Å². The van der Waals surface area contributed by atoms with Gasteiger partial charge in [0.1, 0.15) is 0 Å². The van der Waals surface area contributed by atoms with Crippen molar-refractivity contribution >= 4 is 11.8 Å². The van der Waals surface area contributed by atoms with Crippen molar-refractivity contribution in [1.29, 1.82) is 0 Å². The lowest BCUT2D eigenvalue weighted by Crippen LogP contribution is -2.03. The van der Waals surface area contributed by atoms with Crippen molar-refractivity contribution in [3.8, 4) is 0 Å². The second-order valence-electron chi connectivity index (χ2n) is 4.67. The number of carbonyl (C=O) groups excluding carboxylic acids is 2. The maximum Gasteiger partial charge on any atom is 0.373 e. The van der Waals surface area contributed by atoms with Gasteiger partial charge >= 0.3 is 5.97 Å². The highest BCUT2D eigenvalue weighted by Gasteiger charge is 2.16. The first-order valence-electron chi connectivity index (χ1n) is 6.28. The minimum atomic E-state index is -0.588. The SMILES string of the molecule is COC(=O)c1ccc(C(=O)Cc2ccc(C)c(C)c2)o1. The number of carbonyl (C=O) groups is 2. The maximum absolute atomic E-state index is 12.1. The summed E-state index contributed by atoms with van der Waals surface area (Å²) in [5.41, 5.74) is 3.26. The monoisotopic (exact) mass is 272 g/mol. The molecule has 0 unspecified atom stereocenters.